The second-order valence-corrected chi connectivity index (χ2v) is 14.4. The second-order valence-electron chi connectivity index (χ2n) is 8.08. The average molecular weight is 607 g/mol. The number of nitrogens with zero attached hydrogens (tertiary/aromatic N) is 4. The fourth-order valence-corrected chi connectivity index (χ4v) is 8.90. The van der Waals surface area contributed by atoms with Gasteiger partial charge in [-0.25, -0.2) is 27.3 Å². The fraction of sp³-hybridized carbons (Fsp3) is 0.350. The van der Waals surface area contributed by atoms with Gasteiger partial charge in [0.15, 0.2) is 0 Å². The predicted octanol–water partition coefficient (Wildman–Crippen LogP) is 1.76. The summed E-state index contributed by atoms with van der Waals surface area (Å²) in [5, 5.41) is 15.6. The van der Waals surface area contributed by atoms with Crippen LogP contribution in [-0.2, 0) is 24.8 Å². The van der Waals surface area contributed by atoms with Crippen LogP contribution < -0.4 is 5.48 Å². The number of carbonyl (C=O) groups is 1. The van der Waals surface area contributed by atoms with Crippen LogP contribution >= 0.6 is 35.6 Å². The Hall–Kier alpha value is -2.05. The third kappa shape index (κ3) is 6.17. The summed E-state index contributed by atoms with van der Waals surface area (Å²) in [6.45, 7) is -0.894. The van der Waals surface area contributed by atoms with Gasteiger partial charge in [-0.1, -0.05) is 23.7 Å². The summed E-state index contributed by atoms with van der Waals surface area (Å²) in [4.78, 5) is 17.1. The highest BCUT2D eigenvalue weighted by atomic mass is 35.5. The Morgan fingerprint density at radius 1 is 1.22 bits per heavy atom. The van der Waals surface area contributed by atoms with E-state index in [0.29, 0.717) is 15.7 Å². The first-order chi connectivity index (χ1) is 17.5. The zero-order valence-corrected chi connectivity index (χ0v) is 23.2. The number of hydrogen-bond donors (Lipinski definition) is 4. The first-order valence-electron chi connectivity index (χ1n) is 10.9. The lowest BCUT2D eigenvalue weighted by Crippen LogP contribution is -2.61. The summed E-state index contributed by atoms with van der Waals surface area (Å²) in [5.74, 6) is -0.926. The van der Waals surface area contributed by atoms with Gasteiger partial charge in [0.1, 0.15) is 22.4 Å². The van der Waals surface area contributed by atoms with Gasteiger partial charge in [0.2, 0.25) is 10.0 Å². The third-order valence-electron chi connectivity index (χ3n) is 5.77. The molecule has 1 aromatic carbocycles. The SMILES string of the molecule is O=C(NO)[C@H]1CN(S(=O)(=O)CCC(S)c2ncn[nH]2)CCN1S(=O)(=O)c1ccc(-c2ccc(Cl)cc2)s1. The number of amides is 1. The van der Waals surface area contributed by atoms with E-state index in [1.165, 1.54) is 17.9 Å². The number of rotatable bonds is 9. The lowest BCUT2D eigenvalue weighted by molar-refractivity contribution is -0.134. The van der Waals surface area contributed by atoms with Crippen molar-refractivity contribution in [1.29, 1.82) is 0 Å². The molecule has 17 heteroatoms. The van der Waals surface area contributed by atoms with Gasteiger partial charge in [0.05, 0.1) is 11.0 Å². The number of piperazine rings is 1. The molecular formula is C20H23ClN6O6S4. The minimum absolute atomic E-state index is 0.0190. The third-order valence-corrected chi connectivity index (χ3v) is 11.9. The van der Waals surface area contributed by atoms with Gasteiger partial charge in [-0.15, -0.1) is 11.3 Å². The number of aromatic amines is 1. The topological polar surface area (TPSA) is 166 Å². The standard InChI is InChI=1S/C20H23ClN6O6S4/c21-14-3-1-13(2-4-14)17-5-6-18(35-17)37(32,33)27-9-8-26(11-15(27)20(28)25-29)36(30,31)10-7-16(34)19-22-12-23-24-19/h1-6,12,15-16,29,34H,7-11H2,(H,25,28)(H,22,23,24)/t15-,16?/m1/s1. The molecule has 0 aliphatic carbocycles. The van der Waals surface area contributed by atoms with Gasteiger partial charge in [0, 0.05) is 29.5 Å². The van der Waals surface area contributed by atoms with Crippen LogP contribution in [0.15, 0.2) is 46.9 Å². The molecule has 0 saturated carbocycles. The zero-order chi connectivity index (χ0) is 26.8. The van der Waals surface area contributed by atoms with E-state index >= 15 is 0 Å². The van der Waals surface area contributed by atoms with E-state index < -0.39 is 43.8 Å². The van der Waals surface area contributed by atoms with Crippen molar-refractivity contribution in [2.75, 3.05) is 25.4 Å². The van der Waals surface area contributed by atoms with Gasteiger partial charge in [-0.2, -0.15) is 26.3 Å². The highest BCUT2D eigenvalue weighted by Crippen LogP contribution is 2.34. The van der Waals surface area contributed by atoms with Crippen LogP contribution in [0.2, 0.25) is 5.02 Å². The molecule has 0 spiro atoms. The van der Waals surface area contributed by atoms with Crippen molar-refractivity contribution in [2.45, 2.75) is 21.9 Å². The number of benzene rings is 1. The Balaban J connectivity index is 1.52. The van der Waals surface area contributed by atoms with Crippen molar-refractivity contribution < 1.29 is 26.8 Å². The monoisotopic (exact) mass is 606 g/mol. The molecular weight excluding hydrogens is 584 g/mol. The molecule has 2 atom stereocenters. The van der Waals surface area contributed by atoms with E-state index in [-0.39, 0.29) is 29.5 Å². The number of thiol groups is 1. The molecule has 4 rings (SSSR count). The van der Waals surface area contributed by atoms with E-state index in [1.807, 2.05) is 0 Å². The normalized spacial score (nSPS) is 18.5. The number of halogens is 1. The van der Waals surface area contributed by atoms with Crippen molar-refractivity contribution in [3.05, 3.63) is 53.6 Å². The molecule has 3 heterocycles. The Labute approximate surface area is 228 Å². The molecule has 12 nitrogen and oxygen atoms in total. The van der Waals surface area contributed by atoms with Crippen LogP contribution in [0.5, 0.6) is 0 Å². The fourth-order valence-electron chi connectivity index (χ4n) is 3.82. The van der Waals surface area contributed by atoms with Crippen molar-refractivity contribution >= 4 is 61.5 Å². The highest BCUT2D eigenvalue weighted by Gasteiger charge is 2.43. The maximum atomic E-state index is 13.5. The van der Waals surface area contributed by atoms with Crippen LogP contribution in [0.3, 0.4) is 0 Å². The minimum Gasteiger partial charge on any atom is -0.289 e. The van der Waals surface area contributed by atoms with E-state index in [9.17, 15) is 26.8 Å². The summed E-state index contributed by atoms with van der Waals surface area (Å²) >= 11 is 11.3. The molecule has 3 aromatic rings. The lowest BCUT2D eigenvalue weighted by atomic mass is 10.2. The van der Waals surface area contributed by atoms with Gasteiger partial charge >= 0.3 is 0 Å². The van der Waals surface area contributed by atoms with E-state index in [4.69, 9.17) is 11.6 Å². The molecule has 0 radical (unpaired) electrons. The summed E-state index contributed by atoms with van der Waals surface area (Å²) in [6.07, 6.45) is 1.40. The molecule has 1 fully saturated rings. The maximum absolute atomic E-state index is 13.5. The molecule has 1 aliphatic heterocycles. The van der Waals surface area contributed by atoms with E-state index in [1.54, 1.807) is 30.3 Å². The minimum atomic E-state index is -4.19. The van der Waals surface area contributed by atoms with Gasteiger partial charge in [0.25, 0.3) is 15.9 Å². The smallest absolute Gasteiger partial charge is 0.263 e. The number of carbonyl (C=O) groups excluding carboxylic acids is 1. The average Bonchev–Trinajstić information content (AvgIpc) is 3.60. The second kappa shape index (κ2) is 11.4. The van der Waals surface area contributed by atoms with Gasteiger partial charge in [-0.3, -0.25) is 15.1 Å². The summed E-state index contributed by atoms with van der Waals surface area (Å²) in [5.41, 5.74) is 2.23. The molecule has 1 saturated heterocycles. The summed E-state index contributed by atoms with van der Waals surface area (Å²) in [6, 6.07) is 8.49. The number of hydroxylamine groups is 1. The van der Waals surface area contributed by atoms with Crippen molar-refractivity contribution in [2.24, 2.45) is 0 Å². The Morgan fingerprint density at radius 2 is 1.95 bits per heavy atom. The molecule has 1 amide bonds. The van der Waals surface area contributed by atoms with Crippen molar-refractivity contribution in [3.63, 3.8) is 0 Å². The van der Waals surface area contributed by atoms with Crippen LogP contribution in [-0.4, -0.2) is 83.2 Å². The van der Waals surface area contributed by atoms with E-state index in [0.717, 1.165) is 25.5 Å². The van der Waals surface area contributed by atoms with Crippen molar-refractivity contribution in [3.8, 4) is 10.4 Å². The lowest BCUT2D eigenvalue weighted by Gasteiger charge is -2.38. The molecule has 2 aromatic heterocycles. The predicted molar refractivity (Wildman–Crippen MR) is 140 cm³/mol. The number of H-pyrrole nitrogens is 1. The van der Waals surface area contributed by atoms with Crippen molar-refractivity contribution in [1.82, 2.24) is 29.3 Å². The summed E-state index contributed by atoms with van der Waals surface area (Å²) < 4.78 is 54.9. The number of nitrogens with one attached hydrogen (secondary N) is 2. The molecule has 3 N–H and O–H groups in total. The first-order valence-corrected chi connectivity index (χ1v) is 15.6. The van der Waals surface area contributed by atoms with E-state index in [2.05, 4.69) is 27.8 Å². The molecule has 200 valence electrons. The van der Waals surface area contributed by atoms with Gasteiger partial charge in [-0.05, 0) is 36.2 Å². The Kier molecular flexibility index (Phi) is 8.59. The molecule has 1 unspecified atom stereocenters. The number of aromatic nitrogens is 3. The highest BCUT2D eigenvalue weighted by molar-refractivity contribution is 7.91. The number of sulfonamides is 2. The van der Waals surface area contributed by atoms with Crippen LogP contribution in [0.4, 0.5) is 0 Å². The maximum Gasteiger partial charge on any atom is 0.263 e. The number of hydrogen-bond acceptors (Lipinski definition) is 10. The summed E-state index contributed by atoms with van der Waals surface area (Å²) in [7, 11) is -8.07. The molecule has 37 heavy (non-hydrogen) atoms. The van der Waals surface area contributed by atoms with Gasteiger partial charge < -0.3 is 0 Å². The largest absolute Gasteiger partial charge is 0.289 e. The quantitative estimate of drug-likeness (QED) is 0.162. The Bertz CT molecular complexity index is 1450. The molecule has 0 bridgehead atoms. The zero-order valence-electron chi connectivity index (χ0n) is 19.1. The molecule has 1 aliphatic rings. The Morgan fingerprint density at radius 3 is 2.59 bits per heavy atom. The number of thiophene rings is 1. The van der Waals surface area contributed by atoms with Crippen LogP contribution in [0.1, 0.15) is 17.5 Å². The van der Waals surface area contributed by atoms with Crippen LogP contribution in [0.25, 0.3) is 10.4 Å². The first kappa shape index (κ1) is 28.0. The van der Waals surface area contributed by atoms with Crippen LogP contribution in [0, 0.1) is 0 Å².